The Hall–Kier alpha value is -0.920. The highest BCUT2D eigenvalue weighted by atomic mass is 32.2. The minimum Gasteiger partial charge on any atom is -0.353 e. The molecule has 144 valence electrons. The number of nitrogens with one attached hydrogen (secondary N) is 1. The largest absolute Gasteiger partial charge is 0.353 e. The molecule has 26 heavy (non-hydrogen) atoms. The van der Waals surface area contributed by atoms with Gasteiger partial charge < -0.3 is 5.32 Å². The van der Waals surface area contributed by atoms with E-state index in [1.165, 1.54) is 41.3 Å². The zero-order chi connectivity index (χ0) is 18.3. The fraction of sp³-hybridized carbons (Fsp3) is 0.737. The van der Waals surface area contributed by atoms with Gasteiger partial charge in [-0.2, -0.15) is 4.31 Å². The topological polar surface area (TPSA) is 66.5 Å². The average Bonchev–Trinajstić information content (AvgIpc) is 3.39. The molecule has 1 aliphatic heterocycles. The molecular formula is C19H28N2O3S2. The van der Waals surface area contributed by atoms with Gasteiger partial charge in [0.1, 0.15) is 4.21 Å². The van der Waals surface area contributed by atoms with Crippen LogP contribution in [0.1, 0.15) is 45.4 Å². The molecule has 1 aromatic heterocycles. The molecule has 1 aromatic rings. The summed E-state index contributed by atoms with van der Waals surface area (Å²) in [6.07, 6.45) is 6.76. The number of piperidine rings is 1. The van der Waals surface area contributed by atoms with E-state index in [9.17, 15) is 13.2 Å². The van der Waals surface area contributed by atoms with Crippen molar-refractivity contribution in [1.29, 1.82) is 0 Å². The Balaban J connectivity index is 1.37. The first-order chi connectivity index (χ1) is 12.4. The van der Waals surface area contributed by atoms with Crippen molar-refractivity contribution in [2.75, 3.05) is 13.1 Å². The van der Waals surface area contributed by atoms with Crippen LogP contribution in [0.2, 0.25) is 0 Å². The number of hydrogen-bond donors (Lipinski definition) is 1. The van der Waals surface area contributed by atoms with Crippen molar-refractivity contribution >= 4 is 27.3 Å². The molecule has 2 saturated carbocycles. The molecule has 4 rings (SSSR count). The summed E-state index contributed by atoms with van der Waals surface area (Å²) in [5.41, 5.74) is 0. The standard InChI is InChI=1S/C19H28N2O3S2/c1-13(17-11-14-6-7-15(17)10-14)20-19(22)16-4-2-8-21(12-16)26(23,24)18-5-3-9-25-18/h3,5,9,13-17H,2,4,6-8,10-12H2,1H3,(H,20,22)/t13-,14-,15-,16-,17+/m0/s1. The van der Waals surface area contributed by atoms with E-state index in [4.69, 9.17) is 0 Å². The third kappa shape index (κ3) is 3.45. The van der Waals surface area contributed by atoms with Gasteiger partial charge in [-0.05, 0) is 68.2 Å². The Labute approximate surface area is 160 Å². The quantitative estimate of drug-likeness (QED) is 0.832. The van der Waals surface area contributed by atoms with Crippen LogP contribution >= 0.6 is 11.3 Å². The third-order valence-electron chi connectivity index (χ3n) is 6.65. The number of fused-ring (bicyclic) bond motifs is 2. The van der Waals surface area contributed by atoms with Gasteiger partial charge in [-0.3, -0.25) is 4.79 Å². The summed E-state index contributed by atoms with van der Waals surface area (Å²) in [6.45, 7) is 2.94. The van der Waals surface area contributed by atoms with E-state index < -0.39 is 10.0 Å². The van der Waals surface area contributed by atoms with Crippen LogP contribution in [0.15, 0.2) is 21.7 Å². The lowest BCUT2D eigenvalue weighted by Gasteiger charge is -2.33. The minimum absolute atomic E-state index is 0.0337. The normalized spacial score (nSPS) is 33.3. The van der Waals surface area contributed by atoms with Crippen LogP contribution in [0.4, 0.5) is 0 Å². The van der Waals surface area contributed by atoms with E-state index in [-0.39, 0.29) is 17.9 Å². The summed E-state index contributed by atoms with van der Waals surface area (Å²) >= 11 is 1.24. The molecule has 2 bridgehead atoms. The molecule has 2 aliphatic carbocycles. The summed E-state index contributed by atoms with van der Waals surface area (Å²) in [4.78, 5) is 12.8. The zero-order valence-electron chi connectivity index (χ0n) is 15.3. The molecule has 1 N–H and O–H groups in total. The summed E-state index contributed by atoms with van der Waals surface area (Å²) in [5, 5.41) is 5.00. The molecule has 3 aliphatic rings. The summed E-state index contributed by atoms with van der Waals surface area (Å²) < 4.78 is 27.3. The lowest BCUT2D eigenvalue weighted by Crippen LogP contribution is -2.48. The molecule has 0 aromatic carbocycles. The fourth-order valence-electron chi connectivity index (χ4n) is 5.27. The number of nitrogens with zero attached hydrogens (tertiary/aromatic N) is 1. The highest BCUT2D eigenvalue weighted by Crippen LogP contribution is 2.49. The zero-order valence-corrected chi connectivity index (χ0v) is 16.9. The van der Waals surface area contributed by atoms with E-state index in [0.29, 0.717) is 23.2 Å². The maximum Gasteiger partial charge on any atom is 0.252 e. The summed E-state index contributed by atoms with van der Waals surface area (Å²) in [5.74, 6) is 2.04. The molecule has 0 unspecified atom stereocenters. The number of thiophene rings is 1. The Morgan fingerprint density at radius 3 is 2.81 bits per heavy atom. The molecule has 1 saturated heterocycles. The van der Waals surface area contributed by atoms with Crippen LogP contribution in [-0.4, -0.2) is 37.8 Å². The van der Waals surface area contributed by atoms with Gasteiger partial charge in [0.15, 0.2) is 0 Å². The minimum atomic E-state index is -3.46. The van der Waals surface area contributed by atoms with Gasteiger partial charge in [-0.25, -0.2) is 8.42 Å². The van der Waals surface area contributed by atoms with Gasteiger partial charge in [0.2, 0.25) is 5.91 Å². The highest BCUT2D eigenvalue weighted by molar-refractivity contribution is 7.91. The van der Waals surface area contributed by atoms with Crippen LogP contribution in [0.25, 0.3) is 0 Å². The maximum absolute atomic E-state index is 12.8. The Morgan fingerprint density at radius 2 is 2.15 bits per heavy atom. The summed E-state index contributed by atoms with van der Waals surface area (Å²) in [7, 11) is -3.46. The lowest BCUT2D eigenvalue weighted by atomic mass is 9.83. The van der Waals surface area contributed by atoms with E-state index in [1.807, 2.05) is 0 Å². The van der Waals surface area contributed by atoms with E-state index in [1.54, 1.807) is 17.5 Å². The van der Waals surface area contributed by atoms with E-state index in [0.717, 1.165) is 24.7 Å². The number of rotatable bonds is 5. The molecule has 5 atom stereocenters. The van der Waals surface area contributed by atoms with Crippen molar-refractivity contribution in [3.8, 4) is 0 Å². The highest BCUT2D eigenvalue weighted by Gasteiger charge is 2.42. The predicted molar refractivity (Wildman–Crippen MR) is 102 cm³/mol. The average molecular weight is 397 g/mol. The molecule has 3 fully saturated rings. The van der Waals surface area contributed by atoms with Crippen LogP contribution in [0.3, 0.4) is 0 Å². The second kappa shape index (κ2) is 7.24. The van der Waals surface area contributed by atoms with Crippen molar-refractivity contribution < 1.29 is 13.2 Å². The number of sulfonamides is 1. The van der Waals surface area contributed by atoms with Gasteiger partial charge in [-0.15, -0.1) is 11.3 Å². The number of hydrogen-bond acceptors (Lipinski definition) is 4. The second-order valence-electron chi connectivity index (χ2n) is 8.27. The predicted octanol–water partition coefficient (Wildman–Crippen LogP) is 3.09. The summed E-state index contributed by atoms with van der Waals surface area (Å²) in [6, 6.07) is 3.59. The van der Waals surface area contributed by atoms with Gasteiger partial charge in [0.05, 0.1) is 5.92 Å². The van der Waals surface area contributed by atoms with Crippen molar-refractivity contribution in [1.82, 2.24) is 9.62 Å². The van der Waals surface area contributed by atoms with Gasteiger partial charge in [0, 0.05) is 19.1 Å². The van der Waals surface area contributed by atoms with Gasteiger partial charge in [0.25, 0.3) is 10.0 Å². The number of carbonyl (C=O) groups is 1. The van der Waals surface area contributed by atoms with E-state index in [2.05, 4.69) is 12.2 Å². The molecule has 5 nitrogen and oxygen atoms in total. The van der Waals surface area contributed by atoms with Crippen LogP contribution in [-0.2, 0) is 14.8 Å². The second-order valence-corrected chi connectivity index (χ2v) is 11.4. The molecule has 7 heteroatoms. The first-order valence-electron chi connectivity index (χ1n) is 9.79. The van der Waals surface area contributed by atoms with Crippen molar-refractivity contribution in [2.45, 2.75) is 55.7 Å². The van der Waals surface area contributed by atoms with Crippen molar-refractivity contribution in [3.05, 3.63) is 17.5 Å². The molecule has 1 amide bonds. The SMILES string of the molecule is C[C@H](NC(=O)[C@H]1CCCN(S(=O)(=O)c2cccs2)C1)[C@H]1C[C@H]2CC[C@H]1C2. The fourth-order valence-corrected chi connectivity index (χ4v) is 7.94. The Kier molecular flexibility index (Phi) is 5.14. The lowest BCUT2D eigenvalue weighted by molar-refractivity contribution is -0.127. The molecule has 0 radical (unpaired) electrons. The van der Waals surface area contributed by atoms with Gasteiger partial charge >= 0.3 is 0 Å². The monoisotopic (exact) mass is 396 g/mol. The van der Waals surface area contributed by atoms with E-state index >= 15 is 0 Å². The smallest absolute Gasteiger partial charge is 0.252 e. The molecular weight excluding hydrogens is 368 g/mol. The molecule has 0 spiro atoms. The van der Waals surface area contributed by atoms with Gasteiger partial charge in [-0.1, -0.05) is 12.5 Å². The molecule has 2 heterocycles. The first kappa shape index (κ1) is 18.4. The third-order valence-corrected chi connectivity index (χ3v) is 9.89. The van der Waals surface area contributed by atoms with Crippen molar-refractivity contribution in [3.63, 3.8) is 0 Å². The Morgan fingerprint density at radius 1 is 1.31 bits per heavy atom. The van der Waals surface area contributed by atoms with Crippen molar-refractivity contribution in [2.24, 2.45) is 23.7 Å². The number of amides is 1. The Bertz CT molecular complexity index is 747. The van der Waals surface area contributed by atoms with Crippen LogP contribution in [0.5, 0.6) is 0 Å². The number of carbonyl (C=O) groups excluding carboxylic acids is 1. The first-order valence-corrected chi connectivity index (χ1v) is 12.1. The van der Waals surface area contributed by atoms with Crippen LogP contribution in [0, 0.1) is 23.7 Å². The van der Waals surface area contributed by atoms with Crippen LogP contribution < -0.4 is 5.32 Å². The maximum atomic E-state index is 12.8.